The van der Waals surface area contributed by atoms with E-state index in [1.165, 1.54) is 0 Å². The summed E-state index contributed by atoms with van der Waals surface area (Å²) in [7, 11) is 2.05. The van der Waals surface area contributed by atoms with Gasteiger partial charge in [0.05, 0.1) is 11.4 Å². The van der Waals surface area contributed by atoms with E-state index in [0.29, 0.717) is 5.92 Å². The fourth-order valence-corrected chi connectivity index (χ4v) is 2.18. The van der Waals surface area contributed by atoms with Crippen LogP contribution in [0.4, 0.5) is 0 Å². The van der Waals surface area contributed by atoms with Gasteiger partial charge in [0.2, 0.25) is 0 Å². The van der Waals surface area contributed by atoms with Crippen LogP contribution >= 0.6 is 0 Å². The standard InChI is InChI=1S/C12H17N3/c1-4-10-11(5-2)15(3)12(14-10)9-6-7-13-8-9/h4-5,9,13H,1-2,6-8H2,3H3. The molecule has 2 heterocycles. The fourth-order valence-electron chi connectivity index (χ4n) is 2.18. The maximum atomic E-state index is 4.61. The van der Waals surface area contributed by atoms with E-state index < -0.39 is 0 Å². The predicted molar refractivity (Wildman–Crippen MR) is 63.6 cm³/mol. The van der Waals surface area contributed by atoms with Crippen molar-refractivity contribution in [1.29, 1.82) is 0 Å². The van der Waals surface area contributed by atoms with Gasteiger partial charge < -0.3 is 9.88 Å². The Labute approximate surface area is 90.5 Å². The molecule has 1 fully saturated rings. The van der Waals surface area contributed by atoms with Crippen LogP contribution in [0.1, 0.15) is 29.6 Å². The first-order chi connectivity index (χ1) is 7.27. The normalized spacial score (nSPS) is 20.5. The first-order valence-corrected chi connectivity index (χ1v) is 5.30. The summed E-state index contributed by atoms with van der Waals surface area (Å²) in [5, 5.41) is 3.36. The summed E-state index contributed by atoms with van der Waals surface area (Å²) in [5.41, 5.74) is 2.00. The van der Waals surface area contributed by atoms with Gasteiger partial charge in [0.25, 0.3) is 0 Å². The van der Waals surface area contributed by atoms with Crippen LogP contribution in [0.2, 0.25) is 0 Å². The van der Waals surface area contributed by atoms with Crippen LogP contribution in [0.3, 0.4) is 0 Å². The Hall–Kier alpha value is -1.35. The molecule has 1 atom stereocenters. The number of aromatic nitrogens is 2. The van der Waals surface area contributed by atoms with Crippen molar-refractivity contribution in [2.24, 2.45) is 7.05 Å². The molecule has 15 heavy (non-hydrogen) atoms. The molecule has 0 aliphatic carbocycles. The van der Waals surface area contributed by atoms with Crippen molar-refractivity contribution in [2.75, 3.05) is 13.1 Å². The average Bonchev–Trinajstić information content (AvgIpc) is 2.84. The summed E-state index contributed by atoms with van der Waals surface area (Å²) in [5.74, 6) is 1.67. The number of hydrogen-bond acceptors (Lipinski definition) is 2. The Morgan fingerprint density at radius 1 is 1.47 bits per heavy atom. The molecule has 3 nitrogen and oxygen atoms in total. The van der Waals surface area contributed by atoms with Crippen LogP contribution in [-0.4, -0.2) is 22.6 Å². The molecule has 0 bridgehead atoms. The van der Waals surface area contributed by atoms with E-state index in [1.807, 2.05) is 13.1 Å². The molecule has 1 saturated heterocycles. The summed E-state index contributed by atoms with van der Waals surface area (Å²) < 4.78 is 2.13. The van der Waals surface area contributed by atoms with Crippen molar-refractivity contribution in [3.05, 3.63) is 30.4 Å². The van der Waals surface area contributed by atoms with E-state index in [0.717, 1.165) is 36.7 Å². The van der Waals surface area contributed by atoms with Crippen LogP contribution < -0.4 is 5.32 Å². The summed E-state index contributed by atoms with van der Waals surface area (Å²) in [6, 6.07) is 0. The molecule has 1 aliphatic rings. The minimum atomic E-state index is 0.530. The quantitative estimate of drug-likeness (QED) is 0.811. The maximum Gasteiger partial charge on any atom is 0.114 e. The van der Waals surface area contributed by atoms with Gasteiger partial charge in [-0.25, -0.2) is 4.98 Å². The molecule has 1 aromatic rings. The van der Waals surface area contributed by atoms with Gasteiger partial charge in [-0.2, -0.15) is 0 Å². The van der Waals surface area contributed by atoms with E-state index in [-0.39, 0.29) is 0 Å². The number of rotatable bonds is 3. The molecule has 1 unspecified atom stereocenters. The zero-order valence-electron chi connectivity index (χ0n) is 9.16. The van der Waals surface area contributed by atoms with Crippen LogP contribution in [0.25, 0.3) is 12.2 Å². The number of nitrogens with zero attached hydrogens (tertiary/aromatic N) is 2. The molecule has 1 N–H and O–H groups in total. The van der Waals surface area contributed by atoms with Gasteiger partial charge in [0, 0.05) is 19.5 Å². The van der Waals surface area contributed by atoms with Crippen molar-refractivity contribution in [1.82, 2.24) is 14.9 Å². The molecular weight excluding hydrogens is 186 g/mol. The minimum absolute atomic E-state index is 0.530. The molecule has 0 aromatic carbocycles. The van der Waals surface area contributed by atoms with Crippen molar-refractivity contribution in [3.8, 4) is 0 Å². The van der Waals surface area contributed by atoms with E-state index in [1.54, 1.807) is 6.08 Å². The van der Waals surface area contributed by atoms with Gasteiger partial charge >= 0.3 is 0 Å². The van der Waals surface area contributed by atoms with Gasteiger partial charge in [0.1, 0.15) is 5.82 Å². The average molecular weight is 203 g/mol. The highest BCUT2D eigenvalue weighted by Gasteiger charge is 2.22. The molecule has 80 valence electrons. The molecular formula is C12H17N3. The van der Waals surface area contributed by atoms with E-state index in [9.17, 15) is 0 Å². The fraction of sp³-hybridized carbons (Fsp3) is 0.417. The monoisotopic (exact) mass is 203 g/mol. The molecule has 0 amide bonds. The highest BCUT2D eigenvalue weighted by Crippen LogP contribution is 2.24. The maximum absolute atomic E-state index is 4.61. The van der Waals surface area contributed by atoms with Crippen molar-refractivity contribution in [2.45, 2.75) is 12.3 Å². The van der Waals surface area contributed by atoms with E-state index >= 15 is 0 Å². The topological polar surface area (TPSA) is 29.9 Å². The van der Waals surface area contributed by atoms with Crippen molar-refractivity contribution >= 4 is 12.2 Å². The predicted octanol–water partition coefficient (Wildman–Crippen LogP) is 1.78. The lowest BCUT2D eigenvalue weighted by atomic mass is 10.1. The first kappa shape index (κ1) is 10.2. The third-order valence-corrected chi connectivity index (χ3v) is 3.01. The van der Waals surface area contributed by atoms with Crippen LogP contribution in [0.15, 0.2) is 13.2 Å². The first-order valence-electron chi connectivity index (χ1n) is 5.30. The molecule has 0 radical (unpaired) electrons. The van der Waals surface area contributed by atoms with Gasteiger partial charge in [-0.1, -0.05) is 13.2 Å². The van der Waals surface area contributed by atoms with Crippen molar-refractivity contribution in [3.63, 3.8) is 0 Å². The summed E-state index contributed by atoms with van der Waals surface area (Å²) >= 11 is 0. The highest BCUT2D eigenvalue weighted by atomic mass is 15.1. The highest BCUT2D eigenvalue weighted by molar-refractivity contribution is 5.58. The second kappa shape index (κ2) is 4.03. The molecule has 0 spiro atoms. The Morgan fingerprint density at radius 2 is 2.27 bits per heavy atom. The molecule has 0 saturated carbocycles. The zero-order valence-corrected chi connectivity index (χ0v) is 9.16. The molecule has 1 aliphatic heterocycles. The lowest BCUT2D eigenvalue weighted by Gasteiger charge is -2.08. The number of nitrogens with one attached hydrogen (secondary N) is 1. The van der Waals surface area contributed by atoms with Crippen LogP contribution in [0.5, 0.6) is 0 Å². The lowest BCUT2D eigenvalue weighted by Crippen LogP contribution is -2.11. The Morgan fingerprint density at radius 3 is 2.73 bits per heavy atom. The molecule has 2 rings (SSSR count). The third kappa shape index (κ3) is 1.63. The summed E-state index contributed by atoms with van der Waals surface area (Å²) in [4.78, 5) is 4.61. The summed E-state index contributed by atoms with van der Waals surface area (Å²) in [6.45, 7) is 9.71. The third-order valence-electron chi connectivity index (χ3n) is 3.01. The smallest absolute Gasteiger partial charge is 0.114 e. The van der Waals surface area contributed by atoms with E-state index in [4.69, 9.17) is 0 Å². The molecule has 1 aromatic heterocycles. The second-order valence-electron chi connectivity index (χ2n) is 3.90. The van der Waals surface area contributed by atoms with Crippen LogP contribution in [-0.2, 0) is 7.05 Å². The summed E-state index contributed by atoms with van der Waals surface area (Å²) in [6.07, 6.45) is 4.80. The van der Waals surface area contributed by atoms with Crippen molar-refractivity contribution < 1.29 is 0 Å². The largest absolute Gasteiger partial charge is 0.331 e. The zero-order chi connectivity index (χ0) is 10.8. The Kier molecular flexibility index (Phi) is 2.73. The lowest BCUT2D eigenvalue weighted by molar-refractivity contribution is 0.658. The van der Waals surface area contributed by atoms with Gasteiger partial charge in [0.15, 0.2) is 0 Å². The number of hydrogen-bond donors (Lipinski definition) is 1. The molecule has 3 heteroatoms. The van der Waals surface area contributed by atoms with Gasteiger partial charge in [-0.3, -0.25) is 0 Å². The SMILES string of the molecule is C=Cc1nc(C2CCNC2)n(C)c1C=C. The van der Waals surface area contributed by atoms with Crippen LogP contribution in [0, 0.1) is 0 Å². The number of imidazole rings is 1. The van der Waals surface area contributed by atoms with E-state index in [2.05, 4.69) is 28.0 Å². The van der Waals surface area contributed by atoms with Gasteiger partial charge in [-0.05, 0) is 25.1 Å². The minimum Gasteiger partial charge on any atom is -0.331 e. The van der Waals surface area contributed by atoms with Gasteiger partial charge in [-0.15, -0.1) is 0 Å². The second-order valence-corrected chi connectivity index (χ2v) is 3.90. The Balaban J connectivity index is 2.43. The Bertz CT molecular complexity index is 384.